The number of hydrogen-bond donors (Lipinski definition) is 0. The van der Waals surface area contributed by atoms with Gasteiger partial charge in [-0.15, -0.1) is 0 Å². The van der Waals surface area contributed by atoms with E-state index in [0.717, 1.165) is 0 Å². The Kier molecular flexibility index (Phi) is 3.25. The summed E-state index contributed by atoms with van der Waals surface area (Å²) in [6, 6.07) is 0. The monoisotopic (exact) mass is 270 g/mol. The van der Waals surface area contributed by atoms with Crippen molar-refractivity contribution < 1.29 is 0 Å². The molecule has 0 aliphatic carbocycles. The van der Waals surface area contributed by atoms with Gasteiger partial charge in [-0.05, 0) is 23.0 Å². The predicted octanol–water partition coefficient (Wildman–Crippen LogP) is 3.17. The van der Waals surface area contributed by atoms with Crippen LogP contribution in [0.15, 0.2) is 0 Å². The first kappa shape index (κ1) is 10.4. The van der Waals surface area contributed by atoms with Crippen LogP contribution in [-0.4, -0.2) is 34.8 Å². The van der Waals surface area contributed by atoms with Gasteiger partial charge in [0.25, 0.3) is 0 Å². The van der Waals surface area contributed by atoms with E-state index in [4.69, 9.17) is 0 Å². The van der Waals surface area contributed by atoms with Gasteiger partial charge in [0.1, 0.15) is 0 Å². The molecule has 2 aliphatic rings. The zero-order chi connectivity index (χ0) is 8.66. The van der Waals surface area contributed by atoms with Crippen LogP contribution in [-0.2, 0) is 0 Å². The second-order valence-electron chi connectivity index (χ2n) is 3.29. The van der Waals surface area contributed by atoms with Gasteiger partial charge in [-0.3, -0.25) is 0 Å². The van der Waals surface area contributed by atoms with E-state index in [1.165, 1.54) is 23.0 Å². The number of hydrogen-bond acceptors (Lipinski definition) is 4. The molecule has 2 aliphatic heterocycles. The first-order valence-corrected chi connectivity index (χ1v) is 17.1. The summed E-state index contributed by atoms with van der Waals surface area (Å²) in [5.74, 6) is 4.01. The van der Waals surface area contributed by atoms with Crippen LogP contribution in [0.4, 0.5) is 0 Å². The molecule has 0 amide bonds. The van der Waals surface area contributed by atoms with Crippen molar-refractivity contribution in [2.75, 3.05) is 23.0 Å². The minimum absolute atomic E-state index is 0.879. The van der Waals surface area contributed by atoms with Crippen LogP contribution in [0.3, 0.4) is 0 Å². The molecular formula is C6H14S4Si2. The lowest BCUT2D eigenvalue weighted by atomic mass is 11.0. The van der Waals surface area contributed by atoms with Crippen molar-refractivity contribution in [2.24, 2.45) is 0 Å². The highest BCUT2D eigenvalue weighted by Gasteiger charge is 2.55. The molecule has 70 valence electrons. The third-order valence-electron chi connectivity index (χ3n) is 2.50. The fraction of sp³-hybridized carbons (Fsp3) is 1.00. The molecule has 0 atom stereocenters. The second kappa shape index (κ2) is 3.77. The third-order valence-corrected chi connectivity index (χ3v) is 51.3. The summed E-state index contributed by atoms with van der Waals surface area (Å²) < 4.78 is 0. The molecule has 0 aromatic heterocycles. The van der Waals surface area contributed by atoms with Gasteiger partial charge in [0.05, 0.1) is 0 Å². The Hall–Kier alpha value is 1.83. The Bertz CT molecular complexity index is 154. The van der Waals surface area contributed by atoms with E-state index in [2.05, 4.69) is 57.9 Å². The third kappa shape index (κ3) is 1.67. The molecule has 0 spiro atoms. The largest absolute Gasteiger partial charge is 0.186 e. The Labute approximate surface area is 92.2 Å². The maximum absolute atomic E-state index is 2.63. The molecule has 2 heterocycles. The Morgan fingerprint density at radius 3 is 1.17 bits per heavy atom. The minimum Gasteiger partial charge on any atom is -0.173 e. The molecule has 0 bridgehead atoms. The van der Waals surface area contributed by atoms with E-state index in [1.54, 1.807) is 0 Å². The molecule has 0 radical (unpaired) electrons. The Balaban J connectivity index is 2.14. The van der Waals surface area contributed by atoms with E-state index in [1.807, 2.05) is 0 Å². The van der Waals surface area contributed by atoms with Crippen LogP contribution >= 0.6 is 44.8 Å². The molecule has 2 fully saturated rings. The van der Waals surface area contributed by atoms with Crippen LogP contribution in [0.1, 0.15) is 0 Å². The molecule has 12 heavy (non-hydrogen) atoms. The van der Waals surface area contributed by atoms with Crippen LogP contribution in [0.25, 0.3) is 0 Å². The van der Waals surface area contributed by atoms with Crippen molar-refractivity contribution in [1.82, 2.24) is 0 Å². The van der Waals surface area contributed by atoms with Crippen LogP contribution in [0.5, 0.6) is 0 Å². The molecule has 6 heteroatoms. The van der Waals surface area contributed by atoms with Gasteiger partial charge in [0.15, 0.2) is 11.8 Å². The number of rotatable bonds is 1. The van der Waals surface area contributed by atoms with E-state index in [-0.39, 0.29) is 0 Å². The zero-order valence-electron chi connectivity index (χ0n) is 7.46. The highest BCUT2D eigenvalue weighted by Crippen LogP contribution is 2.56. The predicted molar refractivity (Wildman–Crippen MR) is 73.1 cm³/mol. The topological polar surface area (TPSA) is 0 Å². The van der Waals surface area contributed by atoms with Gasteiger partial charge in [0.2, 0.25) is 0 Å². The highest BCUT2D eigenvalue weighted by molar-refractivity contribution is 8.84. The van der Waals surface area contributed by atoms with Crippen molar-refractivity contribution in [3.8, 4) is 0 Å². The first-order valence-electron chi connectivity index (χ1n) is 4.22. The average Bonchev–Trinajstić information content (AvgIpc) is 2.60. The average molecular weight is 271 g/mol. The fourth-order valence-electron chi connectivity index (χ4n) is 1.55. The summed E-state index contributed by atoms with van der Waals surface area (Å²) in [4.78, 5) is 0. The Morgan fingerprint density at radius 1 is 0.667 bits per heavy atom. The molecule has 2 saturated heterocycles. The lowest BCUT2D eigenvalue weighted by Crippen LogP contribution is -2.46. The summed E-state index contributed by atoms with van der Waals surface area (Å²) in [6.07, 6.45) is 0. The Morgan fingerprint density at radius 2 is 0.917 bits per heavy atom. The normalized spacial score (nSPS) is 32.5. The summed E-state index contributed by atoms with van der Waals surface area (Å²) in [5.41, 5.74) is 0. The van der Waals surface area contributed by atoms with Crippen molar-refractivity contribution in [3.63, 3.8) is 0 Å². The van der Waals surface area contributed by atoms with E-state index in [0.29, 0.717) is 0 Å². The molecule has 0 aromatic rings. The molecule has 0 N–H and O–H groups in total. The van der Waals surface area contributed by atoms with E-state index >= 15 is 0 Å². The lowest BCUT2D eigenvalue weighted by molar-refractivity contribution is 1.59. The van der Waals surface area contributed by atoms with Crippen LogP contribution in [0.2, 0.25) is 13.1 Å². The van der Waals surface area contributed by atoms with Gasteiger partial charge < -0.3 is 0 Å². The maximum Gasteiger partial charge on any atom is 0.186 e. The minimum atomic E-state index is -0.879. The summed E-state index contributed by atoms with van der Waals surface area (Å²) in [5, 5.41) is 0. The smallest absolute Gasteiger partial charge is 0.173 e. The van der Waals surface area contributed by atoms with E-state index in [9.17, 15) is 0 Å². The van der Waals surface area contributed by atoms with Gasteiger partial charge in [-0.2, -0.15) is 44.8 Å². The molecular weight excluding hydrogens is 257 g/mol. The first-order chi connectivity index (χ1) is 5.66. The fourth-order valence-corrected chi connectivity index (χ4v) is 47.3. The summed E-state index contributed by atoms with van der Waals surface area (Å²) >= 11 is 9.45. The van der Waals surface area contributed by atoms with Crippen LogP contribution in [0, 0.1) is 0 Å². The standard InChI is InChI=1S/C6H14S4Si2/c1-11(7-3-4-8-11)12(2)9-5-6-10-12/h3-6H2,1-2H3. The molecule has 0 saturated carbocycles. The second-order valence-corrected chi connectivity index (χ2v) is 35.0. The molecule has 0 unspecified atom stereocenters. The summed E-state index contributed by atoms with van der Waals surface area (Å²) in [7, 11) is 0. The van der Waals surface area contributed by atoms with Crippen molar-refractivity contribution in [1.29, 1.82) is 0 Å². The highest BCUT2D eigenvalue weighted by atomic mass is 32.7. The molecule has 0 nitrogen and oxygen atoms in total. The summed E-state index contributed by atoms with van der Waals surface area (Å²) in [6.45, 7) is 5.26. The maximum atomic E-state index is 2.63. The SMILES string of the molecule is C[Si]1([Si]2(C)SCCS2)SCCS1. The van der Waals surface area contributed by atoms with Crippen LogP contribution < -0.4 is 0 Å². The van der Waals surface area contributed by atoms with Gasteiger partial charge in [0, 0.05) is 0 Å². The van der Waals surface area contributed by atoms with Gasteiger partial charge >= 0.3 is 0 Å². The zero-order valence-corrected chi connectivity index (χ0v) is 12.7. The molecule has 2 rings (SSSR count). The van der Waals surface area contributed by atoms with Crippen molar-refractivity contribution in [3.05, 3.63) is 0 Å². The quantitative estimate of drug-likeness (QED) is 0.671. The van der Waals surface area contributed by atoms with E-state index < -0.39 is 11.8 Å². The van der Waals surface area contributed by atoms with Gasteiger partial charge in [-0.25, -0.2) is 0 Å². The lowest BCUT2D eigenvalue weighted by Gasteiger charge is -2.33. The molecule has 0 aromatic carbocycles. The van der Waals surface area contributed by atoms with Crippen molar-refractivity contribution >= 4 is 56.6 Å². The van der Waals surface area contributed by atoms with Gasteiger partial charge in [-0.1, -0.05) is 13.1 Å². The van der Waals surface area contributed by atoms with Crippen molar-refractivity contribution in [2.45, 2.75) is 13.1 Å².